The van der Waals surface area contributed by atoms with Gasteiger partial charge >= 0.3 is 0 Å². The molecule has 0 atom stereocenters. The SMILES string of the molecule is CCOc1ccc(NC(=O)CSc2nc3sc4c(c3c(=O)n2-c2ccc(Br)cc2)CCCC4)cc1. The van der Waals surface area contributed by atoms with E-state index in [1.54, 1.807) is 15.9 Å². The first kappa shape index (κ1) is 24.1. The molecule has 6 nitrogen and oxygen atoms in total. The number of hydrogen-bond acceptors (Lipinski definition) is 6. The normalized spacial score (nSPS) is 13.0. The maximum atomic E-state index is 13.8. The van der Waals surface area contributed by atoms with Gasteiger partial charge in [-0.05, 0) is 86.7 Å². The van der Waals surface area contributed by atoms with E-state index in [4.69, 9.17) is 9.72 Å². The van der Waals surface area contributed by atoms with Crippen molar-refractivity contribution in [2.24, 2.45) is 0 Å². The van der Waals surface area contributed by atoms with Gasteiger partial charge in [-0.3, -0.25) is 14.2 Å². The molecule has 0 saturated heterocycles. The lowest BCUT2D eigenvalue weighted by atomic mass is 9.97. The highest BCUT2D eigenvalue weighted by atomic mass is 79.9. The van der Waals surface area contributed by atoms with Crippen LogP contribution in [-0.2, 0) is 17.6 Å². The molecule has 1 amide bonds. The van der Waals surface area contributed by atoms with Crippen LogP contribution in [0, 0.1) is 0 Å². The van der Waals surface area contributed by atoms with E-state index in [0.29, 0.717) is 17.5 Å². The molecule has 0 fully saturated rings. The molecular formula is C26H24BrN3O3S2. The third-order valence-electron chi connectivity index (χ3n) is 5.82. The lowest BCUT2D eigenvalue weighted by molar-refractivity contribution is -0.113. The summed E-state index contributed by atoms with van der Waals surface area (Å²) in [5.74, 6) is 0.725. The van der Waals surface area contributed by atoms with Crippen molar-refractivity contribution in [3.05, 3.63) is 73.8 Å². The highest BCUT2D eigenvalue weighted by Crippen LogP contribution is 2.35. The quantitative estimate of drug-likeness (QED) is 0.211. The molecule has 0 radical (unpaired) electrons. The van der Waals surface area contributed by atoms with Crippen LogP contribution in [0.3, 0.4) is 0 Å². The van der Waals surface area contributed by atoms with E-state index < -0.39 is 0 Å². The molecule has 2 heterocycles. The van der Waals surface area contributed by atoms with Crippen LogP contribution >= 0.6 is 39.0 Å². The minimum atomic E-state index is -0.165. The van der Waals surface area contributed by atoms with Crippen LogP contribution in [0.15, 0.2) is 63.0 Å². The summed E-state index contributed by atoms with van der Waals surface area (Å²) >= 11 is 6.35. The Labute approximate surface area is 219 Å². The molecular weight excluding hydrogens is 546 g/mol. The van der Waals surface area contributed by atoms with Crippen molar-refractivity contribution in [1.82, 2.24) is 9.55 Å². The molecule has 35 heavy (non-hydrogen) atoms. The van der Waals surface area contributed by atoms with Crippen molar-refractivity contribution in [1.29, 1.82) is 0 Å². The Balaban J connectivity index is 1.45. The number of thioether (sulfide) groups is 1. The van der Waals surface area contributed by atoms with E-state index in [0.717, 1.165) is 57.4 Å². The number of ether oxygens (including phenoxy) is 1. The average molecular weight is 571 g/mol. The summed E-state index contributed by atoms with van der Waals surface area (Å²) in [5, 5.41) is 4.16. The zero-order chi connectivity index (χ0) is 24.4. The van der Waals surface area contributed by atoms with Crippen molar-refractivity contribution in [2.75, 3.05) is 17.7 Å². The number of benzene rings is 2. The summed E-state index contributed by atoms with van der Waals surface area (Å²) in [6.07, 6.45) is 4.16. The number of aromatic nitrogens is 2. The van der Waals surface area contributed by atoms with Gasteiger partial charge in [0, 0.05) is 15.0 Å². The molecule has 2 aromatic carbocycles. The number of nitrogens with zero attached hydrogens (tertiary/aromatic N) is 2. The van der Waals surface area contributed by atoms with Gasteiger partial charge in [0.2, 0.25) is 5.91 Å². The molecule has 9 heteroatoms. The third kappa shape index (κ3) is 5.17. The molecule has 1 N–H and O–H groups in total. The molecule has 5 rings (SSSR count). The summed E-state index contributed by atoms with van der Waals surface area (Å²) in [7, 11) is 0. The number of rotatable bonds is 7. The van der Waals surface area contributed by atoms with Crippen LogP contribution in [0.2, 0.25) is 0 Å². The van der Waals surface area contributed by atoms with Crippen LogP contribution in [0.25, 0.3) is 15.9 Å². The fourth-order valence-electron chi connectivity index (χ4n) is 4.23. The minimum absolute atomic E-state index is 0.0638. The number of nitrogens with one attached hydrogen (secondary N) is 1. The fraction of sp³-hybridized carbons (Fsp3) is 0.269. The van der Waals surface area contributed by atoms with Gasteiger partial charge in [0.15, 0.2) is 5.16 Å². The molecule has 0 saturated carbocycles. The lowest BCUT2D eigenvalue weighted by Gasteiger charge is -2.14. The smallest absolute Gasteiger partial charge is 0.267 e. The second-order valence-corrected chi connectivity index (χ2v) is 11.1. The summed E-state index contributed by atoms with van der Waals surface area (Å²) < 4.78 is 8.03. The van der Waals surface area contributed by atoms with Gasteiger partial charge in [0.05, 0.1) is 23.4 Å². The van der Waals surface area contributed by atoms with Gasteiger partial charge in [0.25, 0.3) is 5.56 Å². The number of anilines is 1. The van der Waals surface area contributed by atoms with E-state index in [-0.39, 0.29) is 17.2 Å². The maximum absolute atomic E-state index is 13.8. The van der Waals surface area contributed by atoms with E-state index in [1.165, 1.54) is 16.6 Å². The second-order valence-electron chi connectivity index (χ2n) is 8.20. The monoisotopic (exact) mass is 569 g/mol. The number of fused-ring (bicyclic) bond motifs is 3. The lowest BCUT2D eigenvalue weighted by Crippen LogP contribution is -2.23. The summed E-state index contributed by atoms with van der Waals surface area (Å²) in [6.45, 7) is 2.52. The van der Waals surface area contributed by atoms with Gasteiger partial charge in [0.1, 0.15) is 10.6 Å². The Morgan fingerprint density at radius 3 is 2.63 bits per heavy atom. The molecule has 0 spiro atoms. The Kier molecular flexibility index (Phi) is 7.27. The number of thiophene rings is 1. The number of halogens is 1. The second kappa shape index (κ2) is 10.6. The average Bonchev–Trinajstić information content (AvgIpc) is 3.24. The van der Waals surface area contributed by atoms with Gasteiger partial charge in [-0.2, -0.15) is 0 Å². The molecule has 1 aliphatic rings. The minimum Gasteiger partial charge on any atom is -0.494 e. The van der Waals surface area contributed by atoms with E-state index in [9.17, 15) is 9.59 Å². The molecule has 4 aromatic rings. The molecule has 0 bridgehead atoms. The fourth-order valence-corrected chi connectivity index (χ4v) is 6.61. The first-order valence-corrected chi connectivity index (χ1v) is 14.1. The molecule has 1 aliphatic carbocycles. The Bertz CT molecular complexity index is 1430. The van der Waals surface area contributed by atoms with E-state index in [2.05, 4.69) is 21.2 Å². The summed E-state index contributed by atoms with van der Waals surface area (Å²) in [5.41, 5.74) is 2.52. The van der Waals surface area contributed by atoms with Crippen molar-refractivity contribution in [3.8, 4) is 11.4 Å². The van der Waals surface area contributed by atoms with Crippen LogP contribution in [0.4, 0.5) is 5.69 Å². The highest BCUT2D eigenvalue weighted by molar-refractivity contribution is 9.10. The van der Waals surface area contributed by atoms with Gasteiger partial charge < -0.3 is 10.1 Å². The van der Waals surface area contributed by atoms with Crippen LogP contribution in [-0.4, -0.2) is 27.8 Å². The predicted molar refractivity (Wildman–Crippen MR) is 147 cm³/mol. The zero-order valence-electron chi connectivity index (χ0n) is 19.2. The number of aryl methyl sites for hydroxylation is 2. The predicted octanol–water partition coefficient (Wildman–Crippen LogP) is 6.22. The summed E-state index contributed by atoms with van der Waals surface area (Å²) in [4.78, 5) is 33.4. The topological polar surface area (TPSA) is 73.2 Å². The zero-order valence-corrected chi connectivity index (χ0v) is 22.4. The molecule has 0 aliphatic heterocycles. The van der Waals surface area contributed by atoms with Crippen molar-refractivity contribution >= 4 is 60.8 Å². The number of carbonyl (C=O) groups is 1. The first-order valence-electron chi connectivity index (χ1n) is 11.5. The van der Waals surface area contributed by atoms with Crippen molar-refractivity contribution in [2.45, 2.75) is 37.8 Å². The third-order valence-corrected chi connectivity index (χ3v) is 8.48. The maximum Gasteiger partial charge on any atom is 0.267 e. The number of hydrogen-bond donors (Lipinski definition) is 1. The Morgan fingerprint density at radius 1 is 1.14 bits per heavy atom. The molecule has 180 valence electrons. The highest BCUT2D eigenvalue weighted by Gasteiger charge is 2.23. The van der Waals surface area contributed by atoms with Crippen molar-refractivity contribution < 1.29 is 9.53 Å². The summed E-state index contributed by atoms with van der Waals surface area (Å²) in [6, 6.07) is 14.9. The largest absolute Gasteiger partial charge is 0.494 e. The Morgan fingerprint density at radius 2 is 1.89 bits per heavy atom. The number of amides is 1. The van der Waals surface area contributed by atoms with Gasteiger partial charge in [-0.1, -0.05) is 27.7 Å². The van der Waals surface area contributed by atoms with Gasteiger partial charge in [-0.25, -0.2) is 4.98 Å². The van der Waals surface area contributed by atoms with Crippen LogP contribution < -0.4 is 15.6 Å². The molecule has 2 aromatic heterocycles. The molecule has 0 unspecified atom stereocenters. The van der Waals surface area contributed by atoms with Gasteiger partial charge in [-0.15, -0.1) is 11.3 Å². The number of carbonyl (C=O) groups excluding carboxylic acids is 1. The standard InChI is InChI=1S/C26H24BrN3O3S2/c1-2-33-19-13-9-17(10-14-19)28-22(31)15-34-26-29-24-23(20-5-3-4-6-21(20)35-24)25(32)30(26)18-11-7-16(27)8-12-18/h7-14H,2-6,15H2,1H3,(H,28,31). The van der Waals surface area contributed by atoms with Crippen molar-refractivity contribution in [3.63, 3.8) is 0 Å². The first-order chi connectivity index (χ1) is 17.0. The van der Waals surface area contributed by atoms with E-state index >= 15 is 0 Å². The Hall–Kier alpha value is -2.62. The van der Waals surface area contributed by atoms with Crippen LogP contribution in [0.1, 0.15) is 30.2 Å². The van der Waals surface area contributed by atoms with Crippen LogP contribution in [0.5, 0.6) is 5.75 Å². The van der Waals surface area contributed by atoms with E-state index in [1.807, 2.05) is 55.5 Å².